The van der Waals surface area contributed by atoms with E-state index in [0.717, 1.165) is 69.6 Å². The Morgan fingerprint density at radius 1 is 1.02 bits per heavy atom. The fraction of sp³-hybridized carbons (Fsp3) is 0.500. The van der Waals surface area contributed by atoms with Gasteiger partial charge in [0.25, 0.3) is 5.91 Å². The molecule has 12 heteroatoms. The number of guanidine groups is 1. The summed E-state index contributed by atoms with van der Waals surface area (Å²) >= 11 is 0. The van der Waals surface area contributed by atoms with Gasteiger partial charge in [0.2, 0.25) is 5.96 Å². The summed E-state index contributed by atoms with van der Waals surface area (Å²) in [6.07, 6.45) is 2.49. The average molecular weight is 550 g/mol. The van der Waals surface area contributed by atoms with Crippen molar-refractivity contribution in [2.75, 3.05) is 90.9 Å². The van der Waals surface area contributed by atoms with Crippen LogP contribution in [0.3, 0.4) is 0 Å². The SMILES string of the molecule is COc1c(OCCCN2CCOCC2)ccc2c1N=C(NC(=O)c1ccc(N3CCOCC3)nc1)N1CCN=C21. The summed E-state index contributed by atoms with van der Waals surface area (Å²) in [5, 5.41) is 2.98. The highest BCUT2D eigenvalue weighted by Gasteiger charge is 2.33. The van der Waals surface area contributed by atoms with E-state index < -0.39 is 0 Å². The molecule has 0 aliphatic carbocycles. The van der Waals surface area contributed by atoms with Crippen molar-refractivity contribution in [1.82, 2.24) is 20.1 Å². The third kappa shape index (κ3) is 5.60. The normalized spacial score (nSPS) is 18.9. The van der Waals surface area contributed by atoms with Crippen LogP contribution in [0.5, 0.6) is 11.5 Å². The number of nitrogens with one attached hydrogen (secondary N) is 1. The molecule has 0 bridgehead atoms. The van der Waals surface area contributed by atoms with Crippen LogP contribution in [0.1, 0.15) is 22.3 Å². The first-order chi connectivity index (χ1) is 19.7. The molecule has 0 spiro atoms. The predicted molar refractivity (Wildman–Crippen MR) is 150 cm³/mol. The number of methoxy groups -OCH3 is 1. The van der Waals surface area contributed by atoms with E-state index in [2.05, 4.69) is 20.1 Å². The minimum absolute atomic E-state index is 0.288. The Balaban J connectivity index is 1.17. The number of aliphatic imine (C=N–C) groups is 2. The molecule has 1 amide bonds. The zero-order valence-electron chi connectivity index (χ0n) is 22.8. The Bertz CT molecular complexity index is 1270. The lowest BCUT2D eigenvalue weighted by Gasteiger charge is -2.29. The number of aromatic nitrogens is 1. The van der Waals surface area contributed by atoms with Crippen LogP contribution < -0.4 is 19.7 Å². The molecule has 212 valence electrons. The van der Waals surface area contributed by atoms with Crippen molar-refractivity contribution < 1.29 is 23.7 Å². The summed E-state index contributed by atoms with van der Waals surface area (Å²) in [7, 11) is 1.61. The van der Waals surface area contributed by atoms with Gasteiger partial charge in [-0.2, -0.15) is 0 Å². The van der Waals surface area contributed by atoms with Gasteiger partial charge in [-0.1, -0.05) is 0 Å². The van der Waals surface area contributed by atoms with E-state index in [9.17, 15) is 4.79 Å². The van der Waals surface area contributed by atoms with E-state index in [1.54, 1.807) is 19.4 Å². The second-order valence-electron chi connectivity index (χ2n) is 9.90. The third-order valence-corrected chi connectivity index (χ3v) is 7.41. The van der Waals surface area contributed by atoms with Gasteiger partial charge < -0.3 is 23.8 Å². The molecule has 1 aromatic carbocycles. The van der Waals surface area contributed by atoms with Crippen molar-refractivity contribution in [3.05, 3.63) is 41.6 Å². The predicted octanol–water partition coefficient (Wildman–Crippen LogP) is 1.52. The van der Waals surface area contributed by atoms with E-state index in [4.69, 9.17) is 28.9 Å². The molecule has 2 aromatic rings. The standard InChI is InChI=1S/C28H35N7O5/c1-37-25-22(40-14-2-8-33-10-15-38-16-11-33)5-4-21-24(25)31-28(35-9-7-29-26(21)35)32-27(36)20-3-6-23(30-19-20)34-12-17-39-18-13-34/h3-6,19H,2,7-18H2,1H3,(H,31,32,36). The number of ether oxygens (including phenoxy) is 4. The molecule has 0 unspecified atom stereocenters. The van der Waals surface area contributed by atoms with Crippen molar-refractivity contribution in [3.63, 3.8) is 0 Å². The van der Waals surface area contributed by atoms with Crippen molar-refractivity contribution >= 4 is 29.2 Å². The maximum absolute atomic E-state index is 13.2. The molecule has 2 saturated heterocycles. The van der Waals surface area contributed by atoms with E-state index >= 15 is 0 Å². The fourth-order valence-electron chi connectivity index (χ4n) is 5.27. The van der Waals surface area contributed by atoms with Crippen molar-refractivity contribution in [3.8, 4) is 11.5 Å². The number of rotatable bonds is 8. The summed E-state index contributed by atoms with van der Waals surface area (Å²) in [5.41, 5.74) is 1.90. The van der Waals surface area contributed by atoms with Gasteiger partial charge in [0, 0.05) is 51.0 Å². The highest BCUT2D eigenvalue weighted by Crippen LogP contribution is 2.43. The summed E-state index contributed by atoms with van der Waals surface area (Å²) in [5.74, 6) is 2.87. The Labute approximate surface area is 233 Å². The largest absolute Gasteiger partial charge is 0.491 e. The monoisotopic (exact) mass is 549 g/mol. The van der Waals surface area contributed by atoms with Crippen molar-refractivity contribution in [1.29, 1.82) is 0 Å². The van der Waals surface area contributed by atoms with Gasteiger partial charge >= 0.3 is 0 Å². The van der Waals surface area contributed by atoms with Crippen LogP contribution in [0.25, 0.3) is 0 Å². The quantitative estimate of drug-likeness (QED) is 0.490. The average Bonchev–Trinajstić information content (AvgIpc) is 3.51. The van der Waals surface area contributed by atoms with Crippen LogP contribution in [0.4, 0.5) is 11.5 Å². The number of amidine groups is 1. The third-order valence-electron chi connectivity index (χ3n) is 7.41. The zero-order valence-corrected chi connectivity index (χ0v) is 22.8. The lowest BCUT2D eigenvalue weighted by atomic mass is 10.1. The second kappa shape index (κ2) is 12.2. The number of fused-ring (bicyclic) bond motifs is 3. The Hall–Kier alpha value is -3.74. The molecule has 0 radical (unpaired) electrons. The molecule has 40 heavy (non-hydrogen) atoms. The molecule has 1 aromatic heterocycles. The molecule has 0 saturated carbocycles. The second-order valence-corrected chi connectivity index (χ2v) is 9.90. The summed E-state index contributed by atoms with van der Waals surface area (Å²) < 4.78 is 22.7. The van der Waals surface area contributed by atoms with Gasteiger partial charge in [-0.3, -0.25) is 24.9 Å². The first-order valence-corrected chi connectivity index (χ1v) is 13.9. The van der Waals surface area contributed by atoms with Gasteiger partial charge in [0.1, 0.15) is 17.3 Å². The molecule has 4 aliphatic rings. The minimum atomic E-state index is -0.288. The fourth-order valence-corrected chi connectivity index (χ4v) is 5.27. The molecule has 0 atom stereocenters. The highest BCUT2D eigenvalue weighted by atomic mass is 16.5. The van der Waals surface area contributed by atoms with Gasteiger partial charge in [-0.25, -0.2) is 9.98 Å². The number of hydrogen-bond donors (Lipinski definition) is 1. The number of benzene rings is 1. The van der Waals surface area contributed by atoms with Crippen LogP contribution in [-0.4, -0.2) is 118 Å². The number of morpholine rings is 2. The van der Waals surface area contributed by atoms with Crippen molar-refractivity contribution in [2.45, 2.75) is 6.42 Å². The van der Waals surface area contributed by atoms with E-state index in [0.29, 0.717) is 61.6 Å². The summed E-state index contributed by atoms with van der Waals surface area (Å²) in [6.45, 7) is 9.16. The van der Waals surface area contributed by atoms with Gasteiger partial charge in [-0.05, 0) is 30.7 Å². The number of anilines is 1. The number of amides is 1. The molecule has 5 heterocycles. The minimum Gasteiger partial charge on any atom is -0.491 e. The van der Waals surface area contributed by atoms with Crippen LogP contribution in [0.2, 0.25) is 0 Å². The maximum atomic E-state index is 13.2. The number of pyridine rings is 1. The van der Waals surface area contributed by atoms with E-state index in [-0.39, 0.29) is 5.91 Å². The Kier molecular flexibility index (Phi) is 8.07. The molecule has 2 fully saturated rings. The Morgan fingerprint density at radius 2 is 1.82 bits per heavy atom. The first-order valence-electron chi connectivity index (χ1n) is 13.9. The smallest absolute Gasteiger partial charge is 0.259 e. The lowest BCUT2D eigenvalue weighted by molar-refractivity contribution is 0.0357. The van der Waals surface area contributed by atoms with Crippen LogP contribution in [0, 0.1) is 0 Å². The molecule has 4 aliphatic heterocycles. The lowest BCUT2D eigenvalue weighted by Crippen LogP contribution is -2.47. The zero-order chi connectivity index (χ0) is 27.3. The van der Waals surface area contributed by atoms with E-state index in [1.165, 1.54) is 0 Å². The molecule has 12 nitrogen and oxygen atoms in total. The van der Waals surface area contributed by atoms with Crippen LogP contribution in [-0.2, 0) is 9.47 Å². The number of carbonyl (C=O) groups excluding carboxylic acids is 1. The van der Waals surface area contributed by atoms with E-state index in [1.807, 2.05) is 23.1 Å². The first kappa shape index (κ1) is 26.5. The van der Waals surface area contributed by atoms with Crippen LogP contribution >= 0.6 is 0 Å². The summed E-state index contributed by atoms with van der Waals surface area (Å²) in [6, 6.07) is 7.52. The number of nitrogens with zero attached hydrogens (tertiary/aromatic N) is 6. The molecular formula is C28H35N7O5. The number of hydrogen-bond acceptors (Lipinski definition) is 11. The van der Waals surface area contributed by atoms with Crippen molar-refractivity contribution in [2.24, 2.45) is 9.98 Å². The van der Waals surface area contributed by atoms with Gasteiger partial charge in [0.15, 0.2) is 11.5 Å². The molecule has 6 rings (SSSR count). The van der Waals surface area contributed by atoms with Gasteiger partial charge in [0.05, 0.1) is 52.3 Å². The summed E-state index contributed by atoms with van der Waals surface area (Å²) in [4.78, 5) is 33.7. The van der Waals surface area contributed by atoms with Gasteiger partial charge in [-0.15, -0.1) is 0 Å². The van der Waals surface area contributed by atoms with Crippen LogP contribution in [0.15, 0.2) is 40.4 Å². The maximum Gasteiger partial charge on any atom is 0.259 e. The topological polar surface area (TPSA) is 113 Å². The number of carbonyl (C=O) groups is 1. The molecular weight excluding hydrogens is 514 g/mol. The molecule has 1 N–H and O–H groups in total. The highest BCUT2D eigenvalue weighted by molar-refractivity contribution is 6.20. The Morgan fingerprint density at radius 3 is 2.58 bits per heavy atom.